The number of nitrogens with zero attached hydrogens (tertiary/aromatic N) is 4. The molecule has 0 N–H and O–H groups in total. The molecule has 0 bridgehead atoms. The molecule has 0 spiro atoms. The molecule has 32 heavy (non-hydrogen) atoms. The van der Waals surface area contributed by atoms with E-state index in [0.717, 1.165) is 24.2 Å². The van der Waals surface area contributed by atoms with Gasteiger partial charge >= 0.3 is 0 Å². The zero-order chi connectivity index (χ0) is 22.3. The fraction of sp³-hybridized carbons (Fsp3) is 0.333. The molecule has 0 unspecified atom stereocenters. The van der Waals surface area contributed by atoms with Crippen molar-refractivity contribution in [3.05, 3.63) is 66.5 Å². The van der Waals surface area contributed by atoms with Crippen LogP contribution in [0.1, 0.15) is 5.69 Å². The average Bonchev–Trinajstić information content (AvgIpc) is 2.78. The number of rotatable bonds is 4. The van der Waals surface area contributed by atoms with Crippen molar-refractivity contribution in [2.24, 2.45) is 5.92 Å². The normalized spacial score (nSPS) is 18.0. The Morgan fingerprint density at radius 2 is 1.69 bits per heavy atom. The minimum Gasteiger partial charge on any atom is -0.368 e. The second-order valence-corrected chi connectivity index (χ2v) is 10.4. The van der Waals surface area contributed by atoms with Gasteiger partial charge in [0.1, 0.15) is 0 Å². The lowest BCUT2D eigenvalue weighted by molar-refractivity contribution is -0.139. The number of pyridine rings is 1. The lowest BCUT2D eigenvalue weighted by Gasteiger charge is -2.42. The van der Waals surface area contributed by atoms with Crippen LogP contribution in [0.4, 0.5) is 5.69 Å². The van der Waals surface area contributed by atoms with E-state index in [2.05, 4.69) is 22.0 Å². The summed E-state index contributed by atoms with van der Waals surface area (Å²) < 4.78 is 27.9. The molecule has 2 saturated heterocycles. The molecule has 0 saturated carbocycles. The van der Waals surface area contributed by atoms with Crippen molar-refractivity contribution < 1.29 is 13.2 Å². The number of carbonyl (C=O) groups excluding carboxylic acids is 1. The first kappa shape index (κ1) is 20.9. The molecule has 3 aromatic rings. The summed E-state index contributed by atoms with van der Waals surface area (Å²) in [5, 5.41) is 1.47. The molecule has 1 aromatic heterocycles. The van der Waals surface area contributed by atoms with Gasteiger partial charge in [0.2, 0.25) is 15.9 Å². The quantitative estimate of drug-likeness (QED) is 0.611. The number of hydrogen-bond acceptors (Lipinski definition) is 5. The molecular formula is C24H26N4O3S. The molecule has 0 radical (unpaired) electrons. The Morgan fingerprint density at radius 3 is 2.41 bits per heavy atom. The van der Waals surface area contributed by atoms with Crippen molar-refractivity contribution in [1.29, 1.82) is 0 Å². The summed E-state index contributed by atoms with van der Waals surface area (Å²) in [5.41, 5.74) is 1.94. The topological polar surface area (TPSA) is 73.8 Å². The van der Waals surface area contributed by atoms with Crippen LogP contribution in [0.25, 0.3) is 10.8 Å². The van der Waals surface area contributed by atoms with Crippen LogP contribution < -0.4 is 4.90 Å². The van der Waals surface area contributed by atoms with Crippen molar-refractivity contribution in [3.8, 4) is 0 Å². The summed E-state index contributed by atoms with van der Waals surface area (Å²) in [4.78, 5) is 21.7. The van der Waals surface area contributed by atoms with E-state index < -0.39 is 10.0 Å². The van der Waals surface area contributed by atoms with Gasteiger partial charge in [0, 0.05) is 67.6 Å². The predicted molar refractivity (Wildman–Crippen MR) is 124 cm³/mol. The van der Waals surface area contributed by atoms with Crippen molar-refractivity contribution in [3.63, 3.8) is 0 Å². The van der Waals surface area contributed by atoms with Crippen LogP contribution in [-0.4, -0.2) is 67.8 Å². The fourth-order valence-electron chi connectivity index (χ4n) is 4.48. The van der Waals surface area contributed by atoms with E-state index in [1.54, 1.807) is 24.4 Å². The number of aryl methyl sites for hydroxylation is 1. The number of sulfonamides is 1. The summed E-state index contributed by atoms with van der Waals surface area (Å²) >= 11 is 0. The second kappa shape index (κ2) is 8.18. The number of anilines is 1. The first-order valence-corrected chi connectivity index (χ1v) is 12.3. The summed E-state index contributed by atoms with van der Waals surface area (Å²) in [5.74, 6) is -0.214. The molecule has 3 heterocycles. The van der Waals surface area contributed by atoms with E-state index in [0.29, 0.717) is 18.5 Å². The van der Waals surface area contributed by atoms with E-state index in [1.807, 2.05) is 36.1 Å². The maximum atomic E-state index is 13.3. The van der Waals surface area contributed by atoms with E-state index >= 15 is 0 Å². The molecule has 0 atom stereocenters. The van der Waals surface area contributed by atoms with Crippen molar-refractivity contribution in [2.75, 3.05) is 44.2 Å². The number of aromatic nitrogens is 1. The Bertz CT molecular complexity index is 1250. The number of carbonyl (C=O) groups is 1. The highest BCUT2D eigenvalue weighted by Crippen LogP contribution is 2.31. The van der Waals surface area contributed by atoms with Gasteiger partial charge < -0.3 is 9.80 Å². The Kier molecular flexibility index (Phi) is 5.35. The number of fused-ring (bicyclic) bond motifs is 1. The van der Waals surface area contributed by atoms with Gasteiger partial charge in [0.25, 0.3) is 0 Å². The maximum Gasteiger partial charge on any atom is 0.243 e. The highest BCUT2D eigenvalue weighted by Gasteiger charge is 2.42. The van der Waals surface area contributed by atoms with Gasteiger partial charge in [-0.05, 0) is 31.2 Å². The van der Waals surface area contributed by atoms with Gasteiger partial charge in [-0.15, -0.1) is 0 Å². The number of benzene rings is 2. The molecule has 0 aliphatic carbocycles. The van der Waals surface area contributed by atoms with Gasteiger partial charge in [0.15, 0.2) is 0 Å². The first-order valence-electron chi connectivity index (χ1n) is 10.9. The molecule has 2 aliphatic rings. The number of piperazine rings is 1. The summed E-state index contributed by atoms with van der Waals surface area (Å²) in [6, 6.07) is 17.2. The van der Waals surface area contributed by atoms with Gasteiger partial charge in [0.05, 0.1) is 10.8 Å². The smallest absolute Gasteiger partial charge is 0.243 e. The molecular weight excluding hydrogens is 424 g/mol. The maximum absolute atomic E-state index is 13.3. The largest absolute Gasteiger partial charge is 0.368 e. The van der Waals surface area contributed by atoms with Crippen LogP contribution in [0.15, 0.2) is 65.7 Å². The molecule has 166 valence electrons. The molecule has 5 rings (SSSR count). The molecule has 1 amide bonds. The second-order valence-electron chi connectivity index (χ2n) is 8.47. The van der Waals surface area contributed by atoms with Crippen LogP contribution in [0, 0.1) is 12.8 Å². The zero-order valence-electron chi connectivity index (χ0n) is 18.0. The van der Waals surface area contributed by atoms with E-state index in [4.69, 9.17) is 0 Å². The highest BCUT2D eigenvalue weighted by molar-refractivity contribution is 7.89. The minimum atomic E-state index is -3.66. The third-order valence-corrected chi connectivity index (χ3v) is 8.28. The van der Waals surface area contributed by atoms with Crippen LogP contribution in [0.2, 0.25) is 0 Å². The summed E-state index contributed by atoms with van der Waals surface area (Å²) in [7, 11) is -3.66. The molecule has 2 fully saturated rings. The van der Waals surface area contributed by atoms with Gasteiger partial charge in [-0.25, -0.2) is 8.42 Å². The Balaban J connectivity index is 1.23. The van der Waals surface area contributed by atoms with Crippen molar-refractivity contribution in [1.82, 2.24) is 14.2 Å². The number of hydrogen-bond donors (Lipinski definition) is 0. The molecule has 2 aliphatic heterocycles. The van der Waals surface area contributed by atoms with E-state index in [9.17, 15) is 13.2 Å². The number of amides is 1. The minimum absolute atomic E-state index is 0.0575. The third-order valence-electron chi connectivity index (χ3n) is 6.39. The van der Waals surface area contributed by atoms with Crippen LogP contribution >= 0.6 is 0 Å². The van der Waals surface area contributed by atoms with Crippen LogP contribution in [0.3, 0.4) is 0 Å². The fourth-order valence-corrected chi connectivity index (χ4v) is 6.22. The standard InChI is InChI=1S/C24H26N4O3S/c1-18-14-22-19(15-25-18)6-5-9-23(22)32(30,31)28-16-20(17-28)24(29)27-12-10-26(11-13-27)21-7-3-2-4-8-21/h2-9,14-15,20H,10-13,16-17H2,1H3. The number of para-hydroxylation sites is 1. The van der Waals surface area contributed by atoms with E-state index in [1.165, 1.54) is 9.99 Å². The monoisotopic (exact) mass is 450 g/mol. The Labute approximate surface area is 188 Å². The highest BCUT2D eigenvalue weighted by atomic mass is 32.2. The van der Waals surface area contributed by atoms with Crippen molar-refractivity contribution >= 4 is 32.4 Å². The molecule has 8 heteroatoms. The van der Waals surface area contributed by atoms with Crippen LogP contribution in [-0.2, 0) is 14.8 Å². The summed E-state index contributed by atoms with van der Waals surface area (Å²) in [6.07, 6.45) is 1.70. The molecule has 2 aromatic carbocycles. The lowest BCUT2D eigenvalue weighted by Crippen LogP contribution is -2.59. The molecule has 7 nitrogen and oxygen atoms in total. The zero-order valence-corrected chi connectivity index (χ0v) is 18.8. The summed E-state index contributed by atoms with van der Waals surface area (Å²) in [6.45, 7) is 5.21. The Hall–Kier alpha value is -2.97. The SMILES string of the molecule is Cc1cc2c(S(=O)(=O)N3CC(C(=O)N4CCN(c5ccccc5)CC4)C3)cccc2cn1. The average molecular weight is 451 g/mol. The first-order chi connectivity index (χ1) is 15.4. The predicted octanol–water partition coefficient (Wildman–Crippen LogP) is 2.51. The lowest BCUT2D eigenvalue weighted by atomic mass is 10.0. The van der Waals surface area contributed by atoms with Gasteiger partial charge in [-0.1, -0.05) is 30.3 Å². The third kappa shape index (κ3) is 3.73. The van der Waals surface area contributed by atoms with E-state index in [-0.39, 0.29) is 29.8 Å². The van der Waals surface area contributed by atoms with Crippen LogP contribution in [0.5, 0.6) is 0 Å². The van der Waals surface area contributed by atoms with Crippen molar-refractivity contribution in [2.45, 2.75) is 11.8 Å². The Morgan fingerprint density at radius 1 is 0.969 bits per heavy atom. The van der Waals surface area contributed by atoms with Gasteiger partial charge in [-0.3, -0.25) is 9.78 Å². The van der Waals surface area contributed by atoms with Gasteiger partial charge in [-0.2, -0.15) is 4.31 Å².